The number of hydrogen-bond donors (Lipinski definition) is 2. The molecule has 1 heterocycles. The van der Waals surface area contributed by atoms with Crippen molar-refractivity contribution in [3.8, 4) is 5.88 Å². The molecule has 0 aliphatic heterocycles. The van der Waals surface area contributed by atoms with Crippen molar-refractivity contribution < 1.29 is 9.84 Å². The van der Waals surface area contributed by atoms with E-state index in [9.17, 15) is 5.11 Å². The maximum Gasteiger partial charge on any atom is 0.245 e. The Morgan fingerprint density at radius 2 is 2.37 bits per heavy atom. The molecule has 1 aliphatic rings. The molecule has 4 atom stereocenters. The van der Waals surface area contributed by atoms with E-state index in [0.717, 1.165) is 17.6 Å². The lowest BCUT2D eigenvalue weighted by Gasteiger charge is -2.33. The number of aromatic nitrogens is 2. The normalized spacial score (nSPS) is 29.1. The number of aliphatic hydroxyl groups is 1. The van der Waals surface area contributed by atoms with Crippen molar-refractivity contribution in [1.29, 1.82) is 0 Å². The summed E-state index contributed by atoms with van der Waals surface area (Å²) >= 11 is 1.11. The summed E-state index contributed by atoms with van der Waals surface area (Å²) in [7, 11) is 0. The Bertz CT molecular complexity index is 361. The molecule has 108 valence electrons. The molecule has 1 aromatic heterocycles. The van der Waals surface area contributed by atoms with E-state index < -0.39 is 6.10 Å². The van der Waals surface area contributed by atoms with Gasteiger partial charge in [0.15, 0.2) is 0 Å². The lowest BCUT2D eigenvalue weighted by atomic mass is 9.80. The van der Waals surface area contributed by atoms with Gasteiger partial charge in [-0.3, -0.25) is 0 Å². The van der Waals surface area contributed by atoms with E-state index in [-0.39, 0.29) is 6.61 Å². The Labute approximate surface area is 118 Å². The zero-order chi connectivity index (χ0) is 13.7. The molecule has 1 aliphatic carbocycles. The third kappa shape index (κ3) is 4.71. The topological polar surface area (TPSA) is 67.3 Å². The van der Waals surface area contributed by atoms with Crippen LogP contribution in [0.1, 0.15) is 33.1 Å². The first kappa shape index (κ1) is 14.7. The lowest BCUT2D eigenvalue weighted by Crippen LogP contribution is -2.43. The minimum Gasteiger partial charge on any atom is -0.473 e. The summed E-state index contributed by atoms with van der Waals surface area (Å²) in [4.78, 5) is 0. The molecule has 5 nitrogen and oxygen atoms in total. The Morgan fingerprint density at radius 3 is 3.05 bits per heavy atom. The van der Waals surface area contributed by atoms with Crippen LogP contribution >= 0.6 is 11.7 Å². The molecule has 2 N–H and O–H groups in total. The largest absolute Gasteiger partial charge is 0.473 e. The van der Waals surface area contributed by atoms with Crippen LogP contribution < -0.4 is 10.1 Å². The fraction of sp³-hybridized carbons (Fsp3) is 0.846. The minimum atomic E-state index is -0.506. The van der Waals surface area contributed by atoms with Crippen molar-refractivity contribution in [2.45, 2.75) is 45.3 Å². The van der Waals surface area contributed by atoms with Crippen molar-refractivity contribution in [2.24, 2.45) is 11.8 Å². The summed E-state index contributed by atoms with van der Waals surface area (Å²) < 4.78 is 13.1. The molecular weight excluding hydrogens is 262 g/mol. The number of aliphatic hydroxyl groups excluding tert-OH is 1. The van der Waals surface area contributed by atoms with Gasteiger partial charge < -0.3 is 15.2 Å². The van der Waals surface area contributed by atoms with Crippen LogP contribution in [0.2, 0.25) is 0 Å². The molecule has 0 bridgehead atoms. The molecule has 0 spiro atoms. The van der Waals surface area contributed by atoms with Crippen LogP contribution in [-0.2, 0) is 0 Å². The predicted molar refractivity (Wildman–Crippen MR) is 75.4 cm³/mol. The summed E-state index contributed by atoms with van der Waals surface area (Å²) in [6.07, 6.45) is 4.81. The molecule has 2 rings (SSSR count). The van der Waals surface area contributed by atoms with E-state index in [1.54, 1.807) is 6.20 Å². The number of ether oxygens (including phenoxy) is 1. The highest BCUT2D eigenvalue weighted by atomic mass is 32.1. The van der Waals surface area contributed by atoms with Crippen LogP contribution in [0.3, 0.4) is 0 Å². The Kier molecular flexibility index (Phi) is 5.54. The predicted octanol–water partition coefficient (Wildman–Crippen LogP) is 1.69. The second kappa shape index (κ2) is 7.17. The molecule has 0 saturated heterocycles. The molecule has 1 aromatic rings. The maximum absolute atomic E-state index is 9.88. The van der Waals surface area contributed by atoms with Crippen molar-refractivity contribution in [2.75, 3.05) is 13.2 Å². The summed E-state index contributed by atoms with van der Waals surface area (Å²) in [5.41, 5.74) is 0. The SMILES string of the molecule is CC1CCC(NCC(O)COc2cnsn2)C(C)C1. The van der Waals surface area contributed by atoms with E-state index in [1.807, 2.05) is 0 Å². The van der Waals surface area contributed by atoms with Gasteiger partial charge >= 0.3 is 0 Å². The number of nitrogens with zero attached hydrogens (tertiary/aromatic N) is 2. The Morgan fingerprint density at radius 1 is 1.53 bits per heavy atom. The van der Waals surface area contributed by atoms with Crippen molar-refractivity contribution >= 4 is 11.7 Å². The molecule has 4 unspecified atom stereocenters. The lowest BCUT2D eigenvalue weighted by molar-refractivity contribution is 0.0947. The Hall–Kier alpha value is -0.720. The molecule has 1 fully saturated rings. The molecule has 0 aromatic carbocycles. The average Bonchev–Trinajstić information content (AvgIpc) is 2.88. The maximum atomic E-state index is 9.88. The molecular formula is C13H23N3O2S. The highest BCUT2D eigenvalue weighted by Gasteiger charge is 2.25. The van der Waals surface area contributed by atoms with E-state index >= 15 is 0 Å². The zero-order valence-electron chi connectivity index (χ0n) is 11.6. The second-order valence-corrected chi connectivity index (χ2v) is 6.18. The Balaban J connectivity index is 1.64. The van der Waals surface area contributed by atoms with Gasteiger partial charge in [0.05, 0.1) is 11.7 Å². The van der Waals surface area contributed by atoms with Gasteiger partial charge in [0.1, 0.15) is 18.9 Å². The first-order chi connectivity index (χ1) is 9.15. The van der Waals surface area contributed by atoms with E-state index in [1.165, 1.54) is 19.3 Å². The second-order valence-electron chi connectivity index (χ2n) is 5.62. The molecule has 0 amide bonds. The monoisotopic (exact) mass is 285 g/mol. The molecule has 0 radical (unpaired) electrons. The average molecular weight is 285 g/mol. The van der Waals surface area contributed by atoms with Gasteiger partial charge in [0.25, 0.3) is 0 Å². The number of rotatable bonds is 6. The summed E-state index contributed by atoms with van der Waals surface area (Å²) in [6, 6.07) is 0.520. The first-order valence-corrected chi connectivity index (χ1v) is 7.70. The van der Waals surface area contributed by atoms with Crippen molar-refractivity contribution in [1.82, 2.24) is 14.1 Å². The zero-order valence-corrected chi connectivity index (χ0v) is 12.4. The van der Waals surface area contributed by atoms with Gasteiger partial charge in [-0.25, -0.2) is 0 Å². The van der Waals surface area contributed by atoms with Gasteiger partial charge in [0, 0.05) is 12.6 Å². The fourth-order valence-electron chi connectivity index (χ4n) is 2.72. The molecule has 19 heavy (non-hydrogen) atoms. The molecule has 1 saturated carbocycles. The van der Waals surface area contributed by atoms with Gasteiger partial charge in [0.2, 0.25) is 5.88 Å². The van der Waals surface area contributed by atoms with Crippen molar-refractivity contribution in [3.63, 3.8) is 0 Å². The third-order valence-electron chi connectivity index (χ3n) is 3.81. The van der Waals surface area contributed by atoms with E-state index in [4.69, 9.17) is 4.74 Å². The summed E-state index contributed by atoms with van der Waals surface area (Å²) in [5, 5.41) is 13.3. The van der Waals surface area contributed by atoms with E-state index in [0.29, 0.717) is 24.4 Å². The van der Waals surface area contributed by atoms with Crippen LogP contribution in [0.15, 0.2) is 6.20 Å². The standard InChI is InChI=1S/C13H23N3O2S/c1-9-3-4-12(10(2)5-9)14-6-11(17)8-18-13-7-15-19-16-13/h7,9-12,14,17H,3-6,8H2,1-2H3. The van der Waals surface area contributed by atoms with Gasteiger partial charge in [-0.1, -0.05) is 13.8 Å². The smallest absolute Gasteiger partial charge is 0.245 e. The van der Waals surface area contributed by atoms with Gasteiger partial charge in [-0.15, -0.1) is 4.37 Å². The summed E-state index contributed by atoms with van der Waals surface area (Å²) in [6.45, 7) is 5.44. The van der Waals surface area contributed by atoms with Crippen LogP contribution in [0.25, 0.3) is 0 Å². The highest BCUT2D eigenvalue weighted by molar-refractivity contribution is 6.99. The van der Waals surface area contributed by atoms with E-state index in [2.05, 4.69) is 27.9 Å². The van der Waals surface area contributed by atoms with Gasteiger partial charge in [-0.2, -0.15) is 4.37 Å². The quantitative estimate of drug-likeness (QED) is 0.832. The minimum absolute atomic E-state index is 0.260. The van der Waals surface area contributed by atoms with Crippen LogP contribution in [0.5, 0.6) is 5.88 Å². The fourth-order valence-corrected chi connectivity index (χ4v) is 3.08. The third-order valence-corrected chi connectivity index (χ3v) is 4.27. The van der Waals surface area contributed by atoms with Crippen LogP contribution in [0.4, 0.5) is 0 Å². The number of hydrogen-bond acceptors (Lipinski definition) is 6. The first-order valence-electron chi connectivity index (χ1n) is 6.97. The number of nitrogens with one attached hydrogen (secondary N) is 1. The van der Waals surface area contributed by atoms with Crippen LogP contribution in [-0.4, -0.2) is 39.2 Å². The highest BCUT2D eigenvalue weighted by Crippen LogP contribution is 2.28. The van der Waals surface area contributed by atoms with Gasteiger partial charge in [-0.05, 0) is 31.1 Å². The molecule has 6 heteroatoms. The van der Waals surface area contributed by atoms with Crippen LogP contribution in [0, 0.1) is 11.8 Å². The summed E-state index contributed by atoms with van der Waals surface area (Å²) in [5.74, 6) is 2.00. The van der Waals surface area contributed by atoms with Crippen molar-refractivity contribution in [3.05, 3.63) is 6.20 Å².